The van der Waals surface area contributed by atoms with E-state index >= 15 is 0 Å². The number of nitrogens with zero attached hydrogens (tertiary/aromatic N) is 2. The van der Waals surface area contributed by atoms with E-state index in [0.29, 0.717) is 11.6 Å². The lowest BCUT2D eigenvalue weighted by Crippen LogP contribution is -2.15. The molecular weight excluding hydrogens is 214 g/mol. The van der Waals surface area contributed by atoms with E-state index in [1.807, 2.05) is 10.9 Å². The highest BCUT2D eigenvalue weighted by atomic mass is 16.1. The van der Waals surface area contributed by atoms with Gasteiger partial charge in [0.25, 0.3) is 5.91 Å². The van der Waals surface area contributed by atoms with Crippen LogP contribution in [0.4, 0.5) is 0 Å². The first-order valence-electron chi connectivity index (χ1n) is 6.59. The molecule has 1 fully saturated rings. The number of carbonyl (C=O) groups is 1. The molecule has 2 N–H and O–H groups in total. The Morgan fingerprint density at radius 2 is 1.94 bits per heavy atom. The Kier molecular flexibility index (Phi) is 4.18. The number of rotatable bonds is 3. The normalized spacial score (nSPS) is 18.6. The van der Waals surface area contributed by atoms with Gasteiger partial charge < -0.3 is 5.73 Å². The number of amides is 1. The second kappa shape index (κ2) is 5.84. The van der Waals surface area contributed by atoms with E-state index in [4.69, 9.17) is 5.73 Å². The summed E-state index contributed by atoms with van der Waals surface area (Å²) in [4.78, 5) is 11.0. The van der Waals surface area contributed by atoms with Crippen LogP contribution in [0.25, 0.3) is 0 Å². The van der Waals surface area contributed by atoms with Gasteiger partial charge in [0.15, 0.2) is 0 Å². The van der Waals surface area contributed by atoms with Crippen molar-refractivity contribution in [2.24, 2.45) is 11.7 Å². The Balaban J connectivity index is 1.91. The van der Waals surface area contributed by atoms with Crippen LogP contribution < -0.4 is 5.73 Å². The van der Waals surface area contributed by atoms with Crippen LogP contribution in [0.3, 0.4) is 0 Å². The Morgan fingerprint density at radius 1 is 1.29 bits per heavy atom. The molecule has 0 aliphatic heterocycles. The van der Waals surface area contributed by atoms with Crippen LogP contribution in [0.5, 0.6) is 0 Å². The molecule has 0 spiro atoms. The standard InChI is InChI=1S/C13H21N3O/c14-13(17)12-8-9-16(15-12)10-11-6-4-2-1-3-5-7-11/h8-9,11H,1-7,10H2,(H2,14,17). The minimum absolute atomic E-state index is 0.371. The van der Waals surface area contributed by atoms with Gasteiger partial charge in [-0.05, 0) is 24.8 Å². The fourth-order valence-electron chi connectivity index (χ4n) is 2.58. The monoisotopic (exact) mass is 235 g/mol. The van der Waals surface area contributed by atoms with E-state index in [-0.39, 0.29) is 0 Å². The van der Waals surface area contributed by atoms with Crippen LogP contribution in [-0.4, -0.2) is 15.7 Å². The summed E-state index contributed by atoms with van der Waals surface area (Å²) in [5, 5.41) is 4.20. The molecule has 4 nitrogen and oxygen atoms in total. The SMILES string of the molecule is NC(=O)c1ccn(CC2CCCCCCC2)n1. The Morgan fingerprint density at radius 3 is 2.53 bits per heavy atom. The molecule has 1 saturated carbocycles. The zero-order valence-corrected chi connectivity index (χ0v) is 10.3. The average molecular weight is 235 g/mol. The van der Waals surface area contributed by atoms with Crippen LogP contribution >= 0.6 is 0 Å². The van der Waals surface area contributed by atoms with Crippen LogP contribution in [-0.2, 0) is 6.54 Å². The van der Waals surface area contributed by atoms with E-state index in [9.17, 15) is 4.79 Å². The molecule has 2 rings (SSSR count). The summed E-state index contributed by atoms with van der Waals surface area (Å²) in [6, 6.07) is 1.70. The van der Waals surface area contributed by atoms with Crippen molar-refractivity contribution in [1.82, 2.24) is 9.78 Å². The summed E-state index contributed by atoms with van der Waals surface area (Å²) in [6.45, 7) is 0.924. The van der Waals surface area contributed by atoms with Crippen molar-refractivity contribution in [2.75, 3.05) is 0 Å². The number of aromatic nitrogens is 2. The summed E-state index contributed by atoms with van der Waals surface area (Å²) in [6.07, 6.45) is 11.2. The quantitative estimate of drug-likeness (QED) is 0.874. The minimum atomic E-state index is -0.443. The van der Waals surface area contributed by atoms with Crippen LogP contribution in [0.1, 0.15) is 55.4 Å². The van der Waals surface area contributed by atoms with Crippen molar-refractivity contribution in [2.45, 2.75) is 51.5 Å². The lowest BCUT2D eigenvalue weighted by Gasteiger charge is -2.19. The molecular formula is C13H21N3O. The van der Waals surface area contributed by atoms with Gasteiger partial charge >= 0.3 is 0 Å². The summed E-state index contributed by atoms with van der Waals surface area (Å²) >= 11 is 0. The number of hydrogen-bond acceptors (Lipinski definition) is 2. The number of nitrogens with two attached hydrogens (primary N) is 1. The Bertz CT molecular complexity index is 364. The summed E-state index contributed by atoms with van der Waals surface area (Å²) < 4.78 is 1.87. The van der Waals surface area contributed by atoms with Crippen molar-refractivity contribution in [3.8, 4) is 0 Å². The number of carbonyl (C=O) groups excluding carboxylic acids is 1. The van der Waals surface area contributed by atoms with Gasteiger partial charge in [-0.15, -0.1) is 0 Å². The third-order valence-electron chi connectivity index (χ3n) is 3.56. The van der Waals surface area contributed by atoms with Gasteiger partial charge in [0.2, 0.25) is 0 Å². The van der Waals surface area contributed by atoms with Gasteiger partial charge in [-0.2, -0.15) is 5.10 Å². The molecule has 0 aromatic carbocycles. The predicted molar refractivity (Wildman–Crippen MR) is 66.6 cm³/mol. The molecule has 1 aliphatic carbocycles. The van der Waals surface area contributed by atoms with Gasteiger partial charge in [0, 0.05) is 12.7 Å². The maximum atomic E-state index is 11.0. The highest BCUT2D eigenvalue weighted by Gasteiger charge is 2.13. The third-order valence-corrected chi connectivity index (χ3v) is 3.56. The topological polar surface area (TPSA) is 60.9 Å². The van der Waals surface area contributed by atoms with Crippen LogP contribution in [0, 0.1) is 5.92 Å². The fraction of sp³-hybridized carbons (Fsp3) is 0.692. The zero-order valence-electron chi connectivity index (χ0n) is 10.3. The molecule has 1 amide bonds. The predicted octanol–water partition coefficient (Wildman–Crippen LogP) is 2.34. The van der Waals surface area contributed by atoms with E-state index in [0.717, 1.165) is 6.54 Å². The van der Waals surface area contributed by atoms with Crippen molar-refractivity contribution in [1.29, 1.82) is 0 Å². The minimum Gasteiger partial charge on any atom is -0.364 e. The first kappa shape index (κ1) is 12.1. The summed E-state index contributed by atoms with van der Waals surface area (Å²) in [5.41, 5.74) is 5.56. The van der Waals surface area contributed by atoms with Gasteiger partial charge in [0.05, 0.1) is 0 Å². The number of primary amides is 1. The maximum Gasteiger partial charge on any atom is 0.269 e. The molecule has 94 valence electrons. The smallest absolute Gasteiger partial charge is 0.269 e. The van der Waals surface area contributed by atoms with E-state index in [1.165, 1.54) is 44.9 Å². The van der Waals surface area contributed by atoms with Gasteiger partial charge in [-0.25, -0.2) is 0 Å². The molecule has 0 radical (unpaired) electrons. The molecule has 0 saturated heterocycles. The van der Waals surface area contributed by atoms with Crippen molar-refractivity contribution < 1.29 is 4.79 Å². The van der Waals surface area contributed by atoms with E-state index in [1.54, 1.807) is 6.07 Å². The van der Waals surface area contributed by atoms with Gasteiger partial charge in [-0.3, -0.25) is 9.48 Å². The van der Waals surface area contributed by atoms with Crippen molar-refractivity contribution >= 4 is 5.91 Å². The molecule has 4 heteroatoms. The second-order valence-electron chi connectivity index (χ2n) is 5.00. The summed E-state index contributed by atoms with van der Waals surface area (Å²) in [7, 11) is 0. The molecule has 1 aliphatic rings. The maximum absolute atomic E-state index is 11.0. The Hall–Kier alpha value is -1.32. The highest BCUT2D eigenvalue weighted by Crippen LogP contribution is 2.23. The summed E-state index contributed by atoms with van der Waals surface area (Å²) in [5.74, 6) is 0.261. The fourth-order valence-corrected chi connectivity index (χ4v) is 2.58. The average Bonchev–Trinajstić information content (AvgIpc) is 2.70. The Labute approximate surface area is 102 Å². The molecule has 1 heterocycles. The largest absolute Gasteiger partial charge is 0.364 e. The molecule has 1 aromatic rings. The first-order chi connectivity index (χ1) is 8.25. The molecule has 17 heavy (non-hydrogen) atoms. The lowest BCUT2D eigenvalue weighted by molar-refractivity contribution is 0.0994. The van der Waals surface area contributed by atoms with Gasteiger partial charge in [0.1, 0.15) is 5.69 Å². The first-order valence-corrected chi connectivity index (χ1v) is 6.59. The number of hydrogen-bond donors (Lipinski definition) is 1. The van der Waals surface area contributed by atoms with Crippen LogP contribution in [0.2, 0.25) is 0 Å². The zero-order chi connectivity index (χ0) is 12.1. The third kappa shape index (κ3) is 3.58. The van der Waals surface area contributed by atoms with Crippen molar-refractivity contribution in [3.05, 3.63) is 18.0 Å². The van der Waals surface area contributed by atoms with E-state index in [2.05, 4.69) is 5.10 Å². The molecule has 1 aromatic heterocycles. The second-order valence-corrected chi connectivity index (χ2v) is 5.00. The lowest BCUT2D eigenvalue weighted by atomic mass is 9.91. The van der Waals surface area contributed by atoms with Crippen molar-refractivity contribution in [3.63, 3.8) is 0 Å². The molecule has 0 atom stereocenters. The molecule has 0 unspecified atom stereocenters. The van der Waals surface area contributed by atoms with Gasteiger partial charge in [-0.1, -0.05) is 32.1 Å². The highest BCUT2D eigenvalue weighted by molar-refractivity contribution is 5.90. The van der Waals surface area contributed by atoms with E-state index < -0.39 is 5.91 Å². The van der Waals surface area contributed by atoms with Crippen LogP contribution in [0.15, 0.2) is 12.3 Å². The molecule has 0 bridgehead atoms.